The van der Waals surface area contributed by atoms with Crippen molar-refractivity contribution >= 4 is 273 Å². The Hall–Kier alpha value is 1.48. The van der Waals surface area contributed by atoms with Crippen LogP contribution in [0.2, 0.25) is 0 Å². The molecule has 12 amide bonds. The fraction of sp³-hybridized carbons (Fsp3) is 0.822. The van der Waals surface area contributed by atoms with Gasteiger partial charge in [0, 0.05) is 48.1 Å². The summed E-state index contributed by atoms with van der Waals surface area (Å²) in [7, 11) is 0.628. The summed E-state index contributed by atoms with van der Waals surface area (Å²) in [6.07, 6.45) is 7.39. The van der Waals surface area contributed by atoms with E-state index in [4.69, 9.17) is 17.2 Å². The zero-order chi connectivity index (χ0) is 87.6. The van der Waals surface area contributed by atoms with E-state index in [-0.39, 0.29) is 122 Å². The summed E-state index contributed by atoms with van der Waals surface area (Å²) in [6, 6.07) is -7.89. The van der Waals surface area contributed by atoms with E-state index in [9.17, 15) is 72.5 Å². The van der Waals surface area contributed by atoms with Crippen molar-refractivity contribution in [2.24, 2.45) is 97.0 Å². The van der Waals surface area contributed by atoms with Crippen LogP contribution in [0, 0.1) is 79.8 Å². The van der Waals surface area contributed by atoms with Crippen LogP contribution in [-0.4, -0.2) is 187 Å². The quantitative estimate of drug-likeness (QED) is 0.0448. The van der Waals surface area contributed by atoms with E-state index < -0.39 is 141 Å². The number of fused-ring (bicyclic) bond motifs is 3. The van der Waals surface area contributed by atoms with E-state index in [0.717, 1.165) is 32.1 Å². The van der Waals surface area contributed by atoms with Crippen LogP contribution in [0.1, 0.15) is 218 Å². The third-order valence-corrected chi connectivity index (χ3v) is 21.9. The normalized spacial score (nSPS) is 24.2. The van der Waals surface area contributed by atoms with Crippen LogP contribution in [-0.2, 0) is 67.3 Å². The summed E-state index contributed by atoms with van der Waals surface area (Å²) in [4.78, 5) is 164. The molecule has 0 radical (unpaired) electrons. The molecule has 0 bridgehead atoms. The number of halogens is 10. The van der Waals surface area contributed by atoms with Crippen molar-refractivity contribution in [3.63, 3.8) is 0 Å². The molecule has 5 saturated carbocycles. The number of nitrogens with one attached hydrogen (secondary N) is 7. The van der Waals surface area contributed by atoms with E-state index in [2.05, 4.69) is 239 Å². The first-order valence-corrected chi connectivity index (χ1v) is 73.4. The summed E-state index contributed by atoms with van der Waals surface area (Å²) in [5.74, 6) is -5.58. The molecule has 8 aliphatic rings. The number of aliphatic carboxylic acids is 2. The number of urea groups is 3. The number of hydrogen-bond acceptors (Lipinski definition) is 14. The molecule has 0 aromatic rings. The summed E-state index contributed by atoms with van der Waals surface area (Å²) in [5, 5.41) is 38.9. The van der Waals surface area contributed by atoms with Crippen molar-refractivity contribution in [1.29, 1.82) is 0 Å². The zero-order valence-corrected chi connectivity index (χ0v) is 94.6. The van der Waals surface area contributed by atoms with E-state index in [1.807, 2.05) is 125 Å². The SMILES string of the molecule is CC(C)(C)NC(=O)N[C@H](C(=O)N1CC2[C@@H]([C@H]1C(=O)NC(CC1CCC1)C(=O)C(N)=O)C2(C)C)C(C)(C)C.CC(C)(C)NC(=O)N[C@H](C(=O)N1CC2[C@@H]([C@H]1C(=O)O)C2(C)C)C(C)(C)C.CC(C)(C)NC(=O)N[C@H](C(=O)N1CC2[C@@H]([C@H]1C(=O)O)C2(C)C)C(C)(C)C.Cl.I.NC(=O)C(=O)C(N)CC1CCC1.[I][V]([I])[I].[I][V]([I])[I].[I][V][I]. The van der Waals surface area contributed by atoms with Crippen molar-refractivity contribution in [1.82, 2.24) is 51.9 Å². The first kappa shape index (κ1) is 115. The van der Waals surface area contributed by atoms with Gasteiger partial charge in [-0.25, -0.2) is 24.0 Å². The molecule has 15 N–H and O–H groups in total. The van der Waals surface area contributed by atoms with Crippen molar-refractivity contribution < 1.29 is 91.8 Å². The van der Waals surface area contributed by atoms with Gasteiger partial charge in [-0.1, -0.05) is 142 Å². The van der Waals surface area contributed by atoms with Crippen molar-refractivity contribution in [2.45, 2.75) is 282 Å². The van der Waals surface area contributed by atoms with E-state index in [1.165, 1.54) is 16.2 Å². The molecule has 0 spiro atoms. The van der Waals surface area contributed by atoms with Crippen LogP contribution in [0.4, 0.5) is 14.4 Å². The van der Waals surface area contributed by atoms with Gasteiger partial charge >= 0.3 is 209 Å². The number of hydrogen-bond donors (Lipinski definition) is 12. The maximum atomic E-state index is 13.9. The summed E-state index contributed by atoms with van der Waals surface area (Å²) in [5.41, 5.74) is 12.3. The third kappa shape index (κ3) is 35.7. The van der Waals surface area contributed by atoms with Crippen molar-refractivity contribution in [2.75, 3.05) is 19.6 Å². The average Bonchev–Trinajstić information content (AvgIpc) is 1.54. The second kappa shape index (κ2) is 47.3. The molecule has 0 aromatic heterocycles. The first-order valence-electron chi connectivity index (χ1n) is 37.3. The topological polar surface area (TPSA) is 434 Å². The molecule has 3 aliphatic heterocycles. The zero-order valence-electron chi connectivity index (χ0n) is 70.0. The number of carbonyl (C=O) groups excluding carboxylic acids is 11. The Bertz CT molecular complexity index is 3250. The van der Waals surface area contributed by atoms with Crippen molar-refractivity contribution in [3.05, 3.63) is 0 Å². The fourth-order valence-corrected chi connectivity index (χ4v) is 15.5. The van der Waals surface area contributed by atoms with Gasteiger partial charge in [0.25, 0.3) is 11.8 Å². The Morgan fingerprint density at radius 3 is 0.895 bits per heavy atom. The van der Waals surface area contributed by atoms with Gasteiger partial charge in [-0.2, -0.15) is 0 Å². The Kier molecular flexibility index (Phi) is 48.0. The van der Waals surface area contributed by atoms with E-state index in [0.29, 0.717) is 47.9 Å². The Morgan fingerprint density at radius 2 is 0.684 bits per heavy atom. The number of rotatable bonds is 18. The van der Waals surface area contributed by atoms with Gasteiger partial charge in [0.15, 0.2) is 0 Å². The van der Waals surface area contributed by atoms with Crippen LogP contribution in [0.15, 0.2) is 0 Å². The molecule has 8 fully saturated rings. The van der Waals surface area contributed by atoms with E-state index >= 15 is 0 Å². The Labute approximate surface area is 804 Å². The fourth-order valence-electron chi connectivity index (χ4n) is 15.5. The standard InChI is InChI=1S/C27H45N5O5.2C19H33N3O4.C8H14N2O2.ClH.9HI.3V/c1-25(2,3)20(30-24(37)31-26(4,5)6)23(36)32-13-15-17(27(15,7)8)18(32)22(35)29-16(19(33)21(28)34)12-14-10-9-11-14;2*1-17(2,3)13(20-16(26)21-18(4,5)6)14(23)22-9-10-11(19(10,7)8)12(22)15(24)25;9-6(7(11)8(10)12)4-5-2-1-3-5;;;;;;;;;;;;;/h14-18,20H,9-13H2,1-8H3,(H2,28,34)(H,29,35)(H2,30,31,37);2*10-13H,9H2,1-8H3,(H,24,25)(H2,20,21,26);5-6H,1-4,9H2,(H2,10,12);10*1H;;;/q;;;;;;;;;;;;;;+2;2*+3/p-8/t15?,16?,17-,18-,20+;2*10?,11-,12-,13+;;;;;;;;;;;;;;/m000............../s1. The summed E-state index contributed by atoms with van der Waals surface area (Å²) < 4.78 is 0. The van der Waals surface area contributed by atoms with Gasteiger partial charge in [0.05, 0.1) is 12.1 Å². The molecule has 3 saturated heterocycles. The molecule has 659 valence electrons. The number of Topliss-reactive ketones (excluding diaryl/α,β-unsaturated/α-hetero) is 2. The van der Waals surface area contributed by atoms with E-state index in [1.54, 1.807) is 4.90 Å². The molecular weight excluding hydrogens is 2630 g/mol. The van der Waals surface area contributed by atoms with Crippen LogP contribution < -0.4 is 54.4 Å². The van der Waals surface area contributed by atoms with Crippen LogP contribution in [0.3, 0.4) is 0 Å². The molecule has 5 aliphatic carbocycles. The van der Waals surface area contributed by atoms with Gasteiger partial charge in [-0.3, -0.25) is 38.4 Å². The monoisotopic (exact) mass is 2760 g/mol. The number of carboxylic acid groups (broad SMARTS) is 2. The molecule has 3 heterocycles. The van der Waals surface area contributed by atoms with Crippen LogP contribution in [0.25, 0.3) is 0 Å². The van der Waals surface area contributed by atoms with Crippen molar-refractivity contribution in [3.8, 4) is 0 Å². The molecule has 14 atom stereocenters. The maximum absolute atomic E-state index is 13.9. The number of likely N-dealkylation sites (tertiary alicyclic amines) is 3. The number of ketones is 2. The summed E-state index contributed by atoms with van der Waals surface area (Å²) >= 11 is 19.5. The van der Waals surface area contributed by atoms with Crippen LogP contribution >= 0.6 is 196 Å². The molecule has 5 unspecified atom stereocenters. The average molecular weight is 2760 g/mol. The minimum absolute atomic E-state index is 0. The minimum atomic E-state index is -1.07. The number of nitrogens with two attached hydrogens (primary N) is 3. The number of nitrogens with zero attached hydrogens (tertiary/aromatic N) is 3. The number of primary amides is 2. The molecular formula is C73H127ClI9N13O15V3. The number of carbonyl (C=O) groups is 13. The summed E-state index contributed by atoms with van der Waals surface area (Å²) in [6.45, 7) is 47.1. The predicted molar refractivity (Wildman–Crippen MR) is 515 cm³/mol. The van der Waals surface area contributed by atoms with Gasteiger partial charge in [-0.15, -0.1) is 36.4 Å². The Morgan fingerprint density at radius 1 is 0.447 bits per heavy atom. The third-order valence-electron chi connectivity index (χ3n) is 21.9. The molecule has 114 heavy (non-hydrogen) atoms. The van der Waals surface area contributed by atoms with Crippen LogP contribution in [0.5, 0.6) is 0 Å². The molecule has 0 aromatic carbocycles. The molecule has 41 heteroatoms. The number of amides is 12. The Balaban J connectivity index is 0.00000148. The molecule has 8 rings (SSSR count). The number of carboxylic acids is 2. The number of piperidine rings is 3. The van der Waals surface area contributed by atoms with Gasteiger partial charge in [-0.05, 0) is 143 Å². The second-order valence-corrected chi connectivity index (χ2v) is 121. The predicted octanol–water partition coefficient (Wildman–Crippen LogP) is 13.5. The second-order valence-electron chi connectivity index (χ2n) is 38.4. The first-order chi connectivity index (χ1) is 50.5. The molecule has 28 nitrogen and oxygen atoms in total. The van der Waals surface area contributed by atoms with Gasteiger partial charge < -0.3 is 79.3 Å². The van der Waals surface area contributed by atoms with Gasteiger partial charge in [0.2, 0.25) is 35.2 Å². The van der Waals surface area contributed by atoms with Gasteiger partial charge in [0.1, 0.15) is 36.3 Å².